The lowest BCUT2D eigenvalue weighted by atomic mass is 10.1. The highest BCUT2D eigenvalue weighted by atomic mass is 16.5. The largest absolute Gasteiger partial charge is 0.399 e. The van der Waals surface area contributed by atoms with Gasteiger partial charge in [0.05, 0.1) is 24.0 Å². The summed E-state index contributed by atoms with van der Waals surface area (Å²) in [5.41, 5.74) is 8.05. The van der Waals surface area contributed by atoms with E-state index in [1.54, 1.807) is 19.2 Å². The number of benzene rings is 1. The zero-order chi connectivity index (χ0) is 14.0. The van der Waals surface area contributed by atoms with Gasteiger partial charge in [-0.15, -0.1) is 0 Å². The van der Waals surface area contributed by atoms with Crippen LogP contribution in [0.15, 0.2) is 18.2 Å². The monoisotopic (exact) mass is 263 g/mol. The van der Waals surface area contributed by atoms with Crippen molar-refractivity contribution in [3.63, 3.8) is 0 Å². The molecule has 19 heavy (non-hydrogen) atoms. The van der Waals surface area contributed by atoms with E-state index in [0.29, 0.717) is 17.9 Å². The fourth-order valence-corrected chi connectivity index (χ4v) is 2.35. The maximum atomic E-state index is 12.0. The van der Waals surface area contributed by atoms with Gasteiger partial charge in [0.25, 0.3) is 5.91 Å². The van der Waals surface area contributed by atoms with E-state index in [1.165, 1.54) is 0 Å². The minimum atomic E-state index is -0.0960. The first-order valence-corrected chi connectivity index (χ1v) is 6.52. The molecule has 2 unspecified atom stereocenters. The molecule has 2 rings (SSSR count). The van der Waals surface area contributed by atoms with Crippen molar-refractivity contribution in [2.75, 3.05) is 30.8 Å². The van der Waals surface area contributed by atoms with Crippen molar-refractivity contribution >= 4 is 17.3 Å². The minimum absolute atomic E-state index is 0.0960. The third kappa shape index (κ3) is 2.81. The Balaban J connectivity index is 2.41. The number of hydrogen-bond acceptors (Lipinski definition) is 4. The molecular formula is C14H21N3O2. The number of nitrogens with zero attached hydrogens (tertiary/aromatic N) is 1. The predicted octanol–water partition coefficient (Wildman–Crippen LogP) is 1.24. The Labute approximate surface area is 113 Å². The van der Waals surface area contributed by atoms with Crippen molar-refractivity contribution < 1.29 is 9.53 Å². The van der Waals surface area contributed by atoms with Gasteiger partial charge in [0.15, 0.2) is 0 Å². The molecule has 0 saturated carbocycles. The first-order valence-electron chi connectivity index (χ1n) is 6.52. The van der Waals surface area contributed by atoms with E-state index >= 15 is 0 Å². The summed E-state index contributed by atoms with van der Waals surface area (Å²) in [4.78, 5) is 14.2. The number of morpholine rings is 1. The molecule has 1 aliphatic rings. The van der Waals surface area contributed by atoms with Gasteiger partial charge in [-0.1, -0.05) is 0 Å². The highest BCUT2D eigenvalue weighted by Crippen LogP contribution is 2.28. The van der Waals surface area contributed by atoms with Crippen LogP contribution < -0.4 is 16.0 Å². The molecule has 1 heterocycles. The molecule has 0 radical (unpaired) electrons. The zero-order valence-electron chi connectivity index (χ0n) is 11.6. The zero-order valence-corrected chi connectivity index (χ0v) is 11.6. The maximum Gasteiger partial charge on any atom is 0.253 e. The number of nitrogens with one attached hydrogen (secondary N) is 1. The van der Waals surface area contributed by atoms with Gasteiger partial charge < -0.3 is 20.7 Å². The Morgan fingerprint density at radius 2 is 2.21 bits per heavy atom. The van der Waals surface area contributed by atoms with Crippen molar-refractivity contribution in [1.29, 1.82) is 0 Å². The summed E-state index contributed by atoms with van der Waals surface area (Å²) in [7, 11) is 1.63. The number of nitrogen functional groups attached to an aromatic ring is 1. The lowest BCUT2D eigenvalue weighted by Gasteiger charge is -2.39. The second-order valence-electron chi connectivity index (χ2n) is 5.00. The van der Waals surface area contributed by atoms with Crippen LogP contribution >= 0.6 is 0 Å². The number of ether oxygens (including phenoxy) is 1. The molecule has 1 aromatic rings. The summed E-state index contributed by atoms with van der Waals surface area (Å²) < 4.78 is 5.63. The molecule has 1 aromatic carbocycles. The van der Waals surface area contributed by atoms with Gasteiger partial charge in [0.1, 0.15) is 0 Å². The number of rotatable bonds is 2. The number of anilines is 2. The fraction of sp³-hybridized carbons (Fsp3) is 0.500. The van der Waals surface area contributed by atoms with Gasteiger partial charge in [-0.25, -0.2) is 0 Å². The van der Waals surface area contributed by atoms with Gasteiger partial charge in [-0.2, -0.15) is 0 Å². The minimum Gasteiger partial charge on any atom is -0.399 e. The Hall–Kier alpha value is -1.75. The summed E-state index contributed by atoms with van der Waals surface area (Å²) in [6.45, 7) is 5.53. The van der Waals surface area contributed by atoms with Crippen LogP contribution in [0.2, 0.25) is 0 Å². The first kappa shape index (κ1) is 13.7. The van der Waals surface area contributed by atoms with E-state index < -0.39 is 0 Å². The summed E-state index contributed by atoms with van der Waals surface area (Å²) in [6.07, 6.45) is 0.148. The van der Waals surface area contributed by atoms with E-state index in [2.05, 4.69) is 17.1 Å². The third-order valence-corrected chi connectivity index (χ3v) is 3.41. The molecule has 5 nitrogen and oxygen atoms in total. The number of nitrogens with two attached hydrogens (primary N) is 1. The van der Waals surface area contributed by atoms with Crippen molar-refractivity contribution in [1.82, 2.24) is 5.32 Å². The molecule has 0 aliphatic carbocycles. The molecule has 1 amide bonds. The van der Waals surface area contributed by atoms with E-state index in [9.17, 15) is 4.79 Å². The highest BCUT2D eigenvalue weighted by molar-refractivity contribution is 6.00. The van der Waals surface area contributed by atoms with Crippen molar-refractivity contribution in [2.45, 2.75) is 26.0 Å². The van der Waals surface area contributed by atoms with Crippen LogP contribution in [0.1, 0.15) is 24.2 Å². The summed E-state index contributed by atoms with van der Waals surface area (Å²) in [5, 5.41) is 2.67. The smallest absolute Gasteiger partial charge is 0.253 e. The molecule has 3 N–H and O–H groups in total. The van der Waals surface area contributed by atoms with Crippen LogP contribution in [0, 0.1) is 0 Å². The van der Waals surface area contributed by atoms with Crippen molar-refractivity contribution in [2.24, 2.45) is 0 Å². The van der Waals surface area contributed by atoms with E-state index in [4.69, 9.17) is 10.5 Å². The molecule has 0 bridgehead atoms. The standard InChI is InChI=1S/C14H21N3O2/c1-9-8-19-10(2)7-17(9)13-6-11(15)4-5-12(13)14(18)16-3/h4-6,9-10H,7-8,15H2,1-3H3,(H,16,18). The summed E-state index contributed by atoms with van der Waals surface area (Å²) in [5.74, 6) is -0.0960. The first-order chi connectivity index (χ1) is 9.02. The van der Waals surface area contributed by atoms with Crippen LogP contribution in [-0.4, -0.2) is 38.3 Å². The molecule has 0 aromatic heterocycles. The van der Waals surface area contributed by atoms with Gasteiger partial charge in [-0.05, 0) is 32.0 Å². The van der Waals surface area contributed by atoms with Crippen LogP contribution in [0.4, 0.5) is 11.4 Å². The molecule has 2 atom stereocenters. The topological polar surface area (TPSA) is 67.6 Å². The Kier molecular flexibility index (Phi) is 3.95. The molecule has 104 valence electrons. The SMILES string of the molecule is CNC(=O)c1ccc(N)cc1N1CC(C)OCC1C. The lowest BCUT2D eigenvalue weighted by Crippen LogP contribution is -2.48. The third-order valence-electron chi connectivity index (χ3n) is 3.41. The summed E-state index contributed by atoms with van der Waals surface area (Å²) in [6, 6.07) is 5.61. The van der Waals surface area contributed by atoms with E-state index in [0.717, 1.165) is 12.2 Å². The van der Waals surface area contributed by atoms with Gasteiger partial charge in [0.2, 0.25) is 0 Å². The average Bonchev–Trinajstić information content (AvgIpc) is 2.40. The quantitative estimate of drug-likeness (QED) is 0.788. The lowest BCUT2D eigenvalue weighted by molar-refractivity contribution is 0.0343. The summed E-state index contributed by atoms with van der Waals surface area (Å²) >= 11 is 0. The van der Waals surface area contributed by atoms with Crippen LogP contribution in [0.3, 0.4) is 0 Å². The fourth-order valence-electron chi connectivity index (χ4n) is 2.35. The highest BCUT2D eigenvalue weighted by Gasteiger charge is 2.26. The van der Waals surface area contributed by atoms with E-state index in [-0.39, 0.29) is 18.1 Å². The Morgan fingerprint density at radius 1 is 1.47 bits per heavy atom. The van der Waals surface area contributed by atoms with Gasteiger partial charge in [0, 0.05) is 25.3 Å². The normalized spacial score (nSPS) is 23.2. The molecule has 5 heteroatoms. The predicted molar refractivity (Wildman–Crippen MR) is 76.5 cm³/mol. The number of amides is 1. The number of hydrogen-bond donors (Lipinski definition) is 2. The maximum absolute atomic E-state index is 12.0. The Bertz CT molecular complexity index is 476. The van der Waals surface area contributed by atoms with Crippen LogP contribution in [-0.2, 0) is 4.74 Å². The molecule has 0 spiro atoms. The Morgan fingerprint density at radius 3 is 2.89 bits per heavy atom. The molecular weight excluding hydrogens is 242 g/mol. The second kappa shape index (κ2) is 5.48. The number of carbonyl (C=O) groups is 1. The van der Waals surface area contributed by atoms with Crippen molar-refractivity contribution in [3.05, 3.63) is 23.8 Å². The van der Waals surface area contributed by atoms with Gasteiger partial charge >= 0.3 is 0 Å². The average molecular weight is 263 g/mol. The number of carbonyl (C=O) groups excluding carboxylic acids is 1. The van der Waals surface area contributed by atoms with Crippen LogP contribution in [0.5, 0.6) is 0 Å². The second-order valence-corrected chi connectivity index (χ2v) is 5.00. The molecule has 1 aliphatic heterocycles. The van der Waals surface area contributed by atoms with Gasteiger partial charge in [-0.3, -0.25) is 4.79 Å². The van der Waals surface area contributed by atoms with E-state index in [1.807, 2.05) is 13.0 Å². The van der Waals surface area contributed by atoms with Crippen molar-refractivity contribution in [3.8, 4) is 0 Å². The van der Waals surface area contributed by atoms with Crippen LogP contribution in [0.25, 0.3) is 0 Å². The molecule has 1 saturated heterocycles. The molecule has 1 fully saturated rings.